The average Bonchev–Trinajstić information content (AvgIpc) is 2.53. The van der Waals surface area contributed by atoms with Crippen molar-refractivity contribution < 1.29 is 0 Å². The molecule has 0 atom stereocenters. The Balaban J connectivity index is 1.97. The summed E-state index contributed by atoms with van der Waals surface area (Å²) in [4.78, 5) is 9.29. The molecule has 0 saturated carbocycles. The van der Waals surface area contributed by atoms with Gasteiger partial charge in [0, 0.05) is 11.9 Å². The Hall–Kier alpha value is -2.42. The Kier molecular flexibility index (Phi) is 3.59. The van der Waals surface area contributed by atoms with E-state index in [0.29, 0.717) is 0 Å². The molecule has 20 heavy (non-hydrogen) atoms. The van der Waals surface area contributed by atoms with Crippen molar-refractivity contribution >= 4 is 16.7 Å². The summed E-state index contributed by atoms with van der Waals surface area (Å²) in [5.74, 6) is 0.902. The van der Waals surface area contributed by atoms with Crippen LogP contribution in [0.1, 0.15) is 13.3 Å². The van der Waals surface area contributed by atoms with E-state index in [4.69, 9.17) is 0 Å². The third kappa shape index (κ3) is 2.62. The van der Waals surface area contributed by atoms with E-state index in [2.05, 4.69) is 34.3 Å². The molecule has 0 unspecified atom stereocenters. The summed E-state index contributed by atoms with van der Waals surface area (Å²) in [6.07, 6.45) is 1.08. The maximum atomic E-state index is 4.68. The van der Waals surface area contributed by atoms with E-state index >= 15 is 0 Å². The van der Waals surface area contributed by atoms with E-state index in [0.717, 1.165) is 41.1 Å². The number of hydrogen-bond acceptors (Lipinski definition) is 3. The number of rotatable bonds is 4. The molecule has 3 nitrogen and oxygen atoms in total. The van der Waals surface area contributed by atoms with Crippen LogP contribution < -0.4 is 5.32 Å². The van der Waals surface area contributed by atoms with E-state index in [-0.39, 0.29) is 0 Å². The van der Waals surface area contributed by atoms with Gasteiger partial charge in [0.25, 0.3) is 0 Å². The van der Waals surface area contributed by atoms with Gasteiger partial charge in [0.1, 0.15) is 5.82 Å². The number of anilines is 1. The molecule has 0 fully saturated rings. The van der Waals surface area contributed by atoms with Crippen LogP contribution in [0.3, 0.4) is 0 Å². The molecule has 1 aromatic carbocycles. The molecular formula is C17H17N3. The van der Waals surface area contributed by atoms with Crippen LogP contribution in [-0.2, 0) is 0 Å². The molecule has 0 aliphatic carbocycles. The number of nitrogens with one attached hydrogen (secondary N) is 1. The highest BCUT2D eigenvalue weighted by atomic mass is 15.0. The van der Waals surface area contributed by atoms with Crippen LogP contribution in [0.5, 0.6) is 0 Å². The molecule has 3 aromatic rings. The quantitative estimate of drug-likeness (QED) is 0.769. The van der Waals surface area contributed by atoms with E-state index in [1.807, 2.05) is 42.5 Å². The maximum absolute atomic E-state index is 4.68. The summed E-state index contributed by atoms with van der Waals surface area (Å²) < 4.78 is 0. The fraction of sp³-hybridized carbons (Fsp3) is 0.176. The maximum Gasteiger partial charge on any atom is 0.126 e. The molecule has 0 aliphatic heterocycles. The van der Waals surface area contributed by atoms with E-state index < -0.39 is 0 Å². The molecule has 0 radical (unpaired) electrons. The van der Waals surface area contributed by atoms with Gasteiger partial charge in [-0.15, -0.1) is 0 Å². The zero-order chi connectivity index (χ0) is 13.8. The lowest BCUT2D eigenvalue weighted by Crippen LogP contribution is -2.02. The van der Waals surface area contributed by atoms with E-state index in [1.165, 1.54) is 0 Å². The standard InChI is InChI=1S/C17H17N3/c1-2-12-18-17-9-5-8-15(20-17)16-11-10-13-6-3-4-7-14(13)19-16/h3-11H,2,12H2,1H3,(H,18,20). The number of fused-ring (bicyclic) bond motifs is 1. The number of benzene rings is 1. The van der Waals surface area contributed by atoms with Crippen LogP contribution in [0.2, 0.25) is 0 Å². The van der Waals surface area contributed by atoms with Gasteiger partial charge in [-0.3, -0.25) is 0 Å². The van der Waals surface area contributed by atoms with Gasteiger partial charge < -0.3 is 5.32 Å². The summed E-state index contributed by atoms with van der Waals surface area (Å²) in [6.45, 7) is 3.07. The van der Waals surface area contributed by atoms with Crippen LogP contribution in [0.25, 0.3) is 22.3 Å². The van der Waals surface area contributed by atoms with Crippen molar-refractivity contribution in [2.45, 2.75) is 13.3 Å². The minimum atomic E-state index is 0.900. The number of hydrogen-bond donors (Lipinski definition) is 1. The highest BCUT2D eigenvalue weighted by Gasteiger charge is 2.03. The second kappa shape index (κ2) is 5.70. The third-order valence-corrected chi connectivity index (χ3v) is 3.17. The van der Waals surface area contributed by atoms with Crippen molar-refractivity contribution in [2.24, 2.45) is 0 Å². The van der Waals surface area contributed by atoms with Crippen molar-refractivity contribution in [2.75, 3.05) is 11.9 Å². The lowest BCUT2D eigenvalue weighted by Gasteiger charge is -2.06. The molecule has 2 heterocycles. The van der Waals surface area contributed by atoms with E-state index in [9.17, 15) is 0 Å². The lowest BCUT2D eigenvalue weighted by atomic mass is 10.1. The van der Waals surface area contributed by atoms with Gasteiger partial charge in [0.05, 0.1) is 16.9 Å². The van der Waals surface area contributed by atoms with Crippen LogP contribution in [0, 0.1) is 0 Å². The predicted octanol–water partition coefficient (Wildman–Crippen LogP) is 4.12. The minimum Gasteiger partial charge on any atom is -0.370 e. The first-order chi connectivity index (χ1) is 9.86. The van der Waals surface area contributed by atoms with Crippen molar-refractivity contribution in [1.82, 2.24) is 9.97 Å². The Labute approximate surface area is 118 Å². The van der Waals surface area contributed by atoms with Gasteiger partial charge in [-0.1, -0.05) is 37.3 Å². The van der Waals surface area contributed by atoms with Crippen LogP contribution in [0.4, 0.5) is 5.82 Å². The van der Waals surface area contributed by atoms with Crippen molar-refractivity contribution in [3.63, 3.8) is 0 Å². The van der Waals surface area contributed by atoms with Crippen LogP contribution in [-0.4, -0.2) is 16.5 Å². The number of nitrogens with zero attached hydrogens (tertiary/aromatic N) is 2. The molecule has 0 saturated heterocycles. The minimum absolute atomic E-state index is 0.900. The zero-order valence-electron chi connectivity index (χ0n) is 11.5. The summed E-state index contributed by atoms with van der Waals surface area (Å²) in [7, 11) is 0. The highest BCUT2D eigenvalue weighted by molar-refractivity contribution is 5.81. The molecule has 0 aliphatic rings. The second-order valence-electron chi connectivity index (χ2n) is 4.72. The molecule has 100 valence electrons. The SMILES string of the molecule is CCCNc1cccc(-c2ccc3ccccc3n2)n1. The summed E-state index contributed by atoms with van der Waals surface area (Å²) in [5, 5.41) is 4.45. The molecule has 2 aromatic heterocycles. The molecule has 3 heteroatoms. The Morgan fingerprint density at radius 3 is 2.60 bits per heavy atom. The number of aromatic nitrogens is 2. The lowest BCUT2D eigenvalue weighted by molar-refractivity contribution is 0.969. The van der Waals surface area contributed by atoms with Crippen molar-refractivity contribution in [3.05, 3.63) is 54.6 Å². The summed E-state index contributed by atoms with van der Waals surface area (Å²) in [5.41, 5.74) is 2.81. The normalized spacial score (nSPS) is 10.7. The Bertz CT molecular complexity index is 722. The Morgan fingerprint density at radius 2 is 1.70 bits per heavy atom. The smallest absolute Gasteiger partial charge is 0.126 e. The van der Waals surface area contributed by atoms with Crippen molar-refractivity contribution in [1.29, 1.82) is 0 Å². The first kappa shape index (κ1) is 12.6. The first-order valence-electron chi connectivity index (χ1n) is 6.94. The molecular weight excluding hydrogens is 246 g/mol. The van der Waals surface area contributed by atoms with Gasteiger partial charge in [0.15, 0.2) is 0 Å². The zero-order valence-corrected chi connectivity index (χ0v) is 11.5. The average molecular weight is 263 g/mol. The molecule has 0 amide bonds. The molecule has 0 bridgehead atoms. The monoisotopic (exact) mass is 263 g/mol. The van der Waals surface area contributed by atoms with Gasteiger partial charge in [0.2, 0.25) is 0 Å². The van der Waals surface area contributed by atoms with Gasteiger partial charge in [-0.05, 0) is 30.7 Å². The second-order valence-corrected chi connectivity index (χ2v) is 4.72. The van der Waals surface area contributed by atoms with Gasteiger partial charge >= 0.3 is 0 Å². The first-order valence-corrected chi connectivity index (χ1v) is 6.94. The summed E-state index contributed by atoms with van der Waals surface area (Å²) >= 11 is 0. The van der Waals surface area contributed by atoms with Crippen LogP contribution >= 0.6 is 0 Å². The molecule has 3 rings (SSSR count). The van der Waals surface area contributed by atoms with Gasteiger partial charge in [-0.25, -0.2) is 9.97 Å². The topological polar surface area (TPSA) is 37.8 Å². The van der Waals surface area contributed by atoms with E-state index in [1.54, 1.807) is 0 Å². The number of para-hydroxylation sites is 1. The largest absolute Gasteiger partial charge is 0.370 e. The third-order valence-electron chi connectivity index (χ3n) is 3.17. The van der Waals surface area contributed by atoms with Gasteiger partial charge in [-0.2, -0.15) is 0 Å². The molecule has 1 N–H and O–H groups in total. The Morgan fingerprint density at radius 1 is 0.850 bits per heavy atom. The summed E-state index contributed by atoms with van der Waals surface area (Å²) in [6, 6.07) is 18.2. The van der Waals surface area contributed by atoms with Crippen LogP contribution in [0.15, 0.2) is 54.6 Å². The predicted molar refractivity (Wildman–Crippen MR) is 83.8 cm³/mol. The van der Waals surface area contributed by atoms with Crippen molar-refractivity contribution in [3.8, 4) is 11.4 Å². The molecule has 0 spiro atoms. The fourth-order valence-corrected chi connectivity index (χ4v) is 2.14. The fourth-order valence-electron chi connectivity index (χ4n) is 2.14. The highest BCUT2D eigenvalue weighted by Crippen LogP contribution is 2.20. The number of pyridine rings is 2.